The molecule has 4 heteroatoms. The van der Waals surface area contributed by atoms with Gasteiger partial charge in [-0.25, -0.2) is 15.0 Å². The van der Waals surface area contributed by atoms with Crippen LogP contribution >= 0.6 is 0 Å². The molecule has 0 aliphatic rings. The van der Waals surface area contributed by atoms with Gasteiger partial charge in [-0.1, -0.05) is 42.5 Å². The van der Waals surface area contributed by atoms with Crippen molar-refractivity contribution in [1.82, 2.24) is 0 Å². The Labute approximate surface area is 110 Å². The third kappa shape index (κ3) is 5.37. The summed E-state index contributed by atoms with van der Waals surface area (Å²) >= 11 is 0. The molecule has 0 saturated carbocycles. The van der Waals surface area contributed by atoms with Crippen LogP contribution in [0, 0.1) is 5.41 Å². The molecule has 2 rings (SSSR count). The largest absolute Gasteiger partial charge is 0.240 e. The van der Waals surface area contributed by atoms with Gasteiger partial charge in [-0.05, 0) is 29.7 Å². The molecule has 0 aliphatic carbocycles. The average Bonchev–Trinajstić information content (AvgIpc) is 2.43. The highest BCUT2D eigenvalue weighted by Gasteiger charge is 1.95. The van der Waals surface area contributed by atoms with Gasteiger partial charge in [0.25, 0.3) is 0 Å². The smallest absolute Gasteiger partial charge is 0.222 e. The van der Waals surface area contributed by atoms with Crippen LogP contribution in [-0.4, -0.2) is 12.2 Å². The van der Waals surface area contributed by atoms with Crippen LogP contribution in [0.25, 0.3) is 0 Å². The molecule has 0 spiro atoms. The lowest BCUT2D eigenvalue weighted by molar-refractivity contribution is 0.562. The summed E-state index contributed by atoms with van der Waals surface area (Å²) in [5.74, 6) is 0. The first kappa shape index (κ1) is 14.3. The summed E-state index contributed by atoms with van der Waals surface area (Å²) in [6.07, 6.45) is 3.17. The second-order valence-electron chi connectivity index (χ2n) is 3.63. The van der Waals surface area contributed by atoms with Crippen molar-refractivity contribution in [3.8, 4) is 0 Å². The Bertz CT molecular complexity index is 579. The Morgan fingerprint density at radius 1 is 0.895 bits per heavy atom. The lowest BCUT2D eigenvalue weighted by atomic mass is 10.1. The topological polar surface area (TPSA) is 70.3 Å². The fourth-order valence-electron chi connectivity index (χ4n) is 1.57. The van der Waals surface area contributed by atoms with Crippen molar-refractivity contribution in [2.75, 3.05) is 0 Å². The van der Waals surface area contributed by atoms with Crippen LogP contribution in [0.4, 0.5) is 5.69 Å². The van der Waals surface area contributed by atoms with Gasteiger partial charge in [0.2, 0.25) is 12.2 Å². The van der Waals surface area contributed by atoms with Crippen LogP contribution < -0.4 is 0 Å². The molecule has 0 amide bonds. The molecule has 0 aliphatic heterocycles. The number of carbonyl (C=O) groups excluding carboxylic acids is 2. The van der Waals surface area contributed by atoms with E-state index < -0.39 is 0 Å². The summed E-state index contributed by atoms with van der Waals surface area (Å²) < 4.78 is 0. The van der Waals surface area contributed by atoms with Crippen LogP contribution in [0.15, 0.2) is 59.6 Å². The Morgan fingerprint density at radius 3 is 1.95 bits per heavy atom. The van der Waals surface area contributed by atoms with Gasteiger partial charge in [0, 0.05) is 0 Å². The third-order valence-corrected chi connectivity index (χ3v) is 2.36. The number of rotatable bonds is 3. The molecular formula is C15H12N2O2. The maximum atomic E-state index is 10.1. The molecule has 0 unspecified atom stereocenters. The van der Waals surface area contributed by atoms with E-state index >= 15 is 0 Å². The van der Waals surface area contributed by atoms with E-state index in [1.165, 1.54) is 17.2 Å². The first-order valence-corrected chi connectivity index (χ1v) is 5.54. The molecule has 0 saturated heterocycles. The Kier molecular flexibility index (Phi) is 6.24. The summed E-state index contributed by atoms with van der Waals surface area (Å²) in [7, 11) is 0. The van der Waals surface area contributed by atoms with E-state index in [0.717, 1.165) is 12.5 Å². The molecule has 1 N–H and O–H groups in total. The number of hydrogen-bond acceptors (Lipinski definition) is 4. The highest BCUT2D eigenvalue weighted by molar-refractivity contribution is 5.49. The number of isocyanates is 2. The van der Waals surface area contributed by atoms with Crippen LogP contribution in [0.2, 0.25) is 0 Å². The van der Waals surface area contributed by atoms with Gasteiger partial charge < -0.3 is 0 Å². The first-order chi connectivity index (χ1) is 9.30. The van der Waals surface area contributed by atoms with Crippen molar-refractivity contribution in [3.05, 3.63) is 65.7 Å². The Hall–Kier alpha value is -2.80. The number of nitrogens with one attached hydrogen (secondary N) is 1. The lowest BCUT2D eigenvalue weighted by Gasteiger charge is -2.01. The first-order valence-electron chi connectivity index (χ1n) is 5.54. The zero-order valence-electron chi connectivity index (χ0n) is 10.2. The maximum absolute atomic E-state index is 10.1. The molecule has 2 aromatic carbocycles. The number of hydrogen-bond donors (Lipinski definition) is 1. The van der Waals surface area contributed by atoms with E-state index in [4.69, 9.17) is 10.2 Å². The number of aliphatic imine (C=N–C) groups is 1. The quantitative estimate of drug-likeness (QED) is 0.673. The molecule has 19 heavy (non-hydrogen) atoms. The number of nitrogens with zero attached hydrogens (tertiary/aromatic N) is 1. The second kappa shape index (κ2) is 8.31. The van der Waals surface area contributed by atoms with Gasteiger partial charge in [0.15, 0.2) is 0 Å². The summed E-state index contributed by atoms with van der Waals surface area (Å²) in [6, 6.07) is 17.8. The van der Waals surface area contributed by atoms with Gasteiger partial charge in [0.1, 0.15) is 0 Å². The fourth-order valence-corrected chi connectivity index (χ4v) is 1.57. The lowest BCUT2D eigenvalue weighted by Crippen LogP contribution is -1.86. The van der Waals surface area contributed by atoms with E-state index in [2.05, 4.69) is 17.1 Å². The zero-order valence-corrected chi connectivity index (χ0v) is 10.2. The predicted octanol–water partition coefficient (Wildman–Crippen LogP) is 3.15. The summed E-state index contributed by atoms with van der Waals surface area (Å²) in [5.41, 5.74) is 3.12. The summed E-state index contributed by atoms with van der Waals surface area (Å²) in [4.78, 5) is 22.0. The van der Waals surface area contributed by atoms with Crippen molar-refractivity contribution in [1.29, 1.82) is 5.41 Å². The van der Waals surface area contributed by atoms with Crippen molar-refractivity contribution in [2.45, 2.75) is 6.42 Å². The van der Waals surface area contributed by atoms with Crippen molar-refractivity contribution in [3.63, 3.8) is 0 Å². The molecule has 0 heterocycles. The van der Waals surface area contributed by atoms with E-state index in [0.29, 0.717) is 5.69 Å². The van der Waals surface area contributed by atoms with E-state index in [9.17, 15) is 4.79 Å². The number of benzene rings is 2. The minimum atomic E-state index is 0.645. The fraction of sp³-hybridized carbons (Fsp3) is 0.0667. The molecule has 2 aromatic rings. The van der Waals surface area contributed by atoms with Crippen LogP contribution in [0.1, 0.15) is 11.1 Å². The summed E-state index contributed by atoms with van der Waals surface area (Å²) in [6.45, 7) is 0. The average molecular weight is 252 g/mol. The molecule has 94 valence electrons. The minimum Gasteiger partial charge on any atom is -0.222 e. The highest BCUT2D eigenvalue weighted by atomic mass is 16.1. The molecular weight excluding hydrogens is 240 g/mol. The molecule has 0 aromatic heterocycles. The third-order valence-electron chi connectivity index (χ3n) is 2.36. The van der Waals surface area contributed by atoms with Gasteiger partial charge in [-0.3, -0.25) is 0 Å². The van der Waals surface area contributed by atoms with E-state index in [1.54, 1.807) is 0 Å². The van der Waals surface area contributed by atoms with Crippen LogP contribution in [0.5, 0.6) is 0 Å². The maximum Gasteiger partial charge on any atom is 0.240 e. The molecule has 4 nitrogen and oxygen atoms in total. The zero-order chi connectivity index (χ0) is 13.9. The second-order valence-corrected chi connectivity index (χ2v) is 3.63. The SMILES string of the molecule is N=C=O.O=C=Nc1ccc(Cc2ccccc2)cc1. The summed E-state index contributed by atoms with van der Waals surface area (Å²) in [5, 5.41) is 5.40. The van der Waals surface area contributed by atoms with Gasteiger partial charge >= 0.3 is 0 Å². The highest BCUT2D eigenvalue weighted by Crippen LogP contribution is 2.15. The monoisotopic (exact) mass is 252 g/mol. The molecule has 0 fully saturated rings. The molecule has 0 bridgehead atoms. The molecule has 0 radical (unpaired) electrons. The van der Waals surface area contributed by atoms with Gasteiger partial charge in [-0.2, -0.15) is 4.99 Å². The molecule has 0 atom stereocenters. The predicted molar refractivity (Wildman–Crippen MR) is 71.9 cm³/mol. The van der Waals surface area contributed by atoms with Crippen molar-refractivity contribution >= 4 is 17.8 Å². The van der Waals surface area contributed by atoms with Gasteiger partial charge in [0.05, 0.1) is 5.69 Å². The van der Waals surface area contributed by atoms with Crippen LogP contribution in [0.3, 0.4) is 0 Å². The Balaban J connectivity index is 0.000000550. The normalized spacial score (nSPS) is 8.42. The standard InChI is InChI=1S/C14H11NO.CHNO/c16-11-15-14-8-6-13(7-9-14)10-12-4-2-1-3-5-12;2-1-3/h1-9H,10H2;2H. The van der Waals surface area contributed by atoms with Crippen LogP contribution in [-0.2, 0) is 16.0 Å². The minimum absolute atomic E-state index is 0.645. The van der Waals surface area contributed by atoms with Crippen molar-refractivity contribution < 1.29 is 9.59 Å². The Morgan fingerprint density at radius 2 is 1.42 bits per heavy atom. The van der Waals surface area contributed by atoms with E-state index in [1.807, 2.05) is 42.5 Å². The van der Waals surface area contributed by atoms with Crippen molar-refractivity contribution in [2.24, 2.45) is 4.99 Å². The van der Waals surface area contributed by atoms with Gasteiger partial charge in [-0.15, -0.1) is 0 Å². The van der Waals surface area contributed by atoms with E-state index in [-0.39, 0.29) is 0 Å².